The summed E-state index contributed by atoms with van der Waals surface area (Å²) >= 11 is 0. The minimum atomic E-state index is -0.279. The number of oxazole rings is 1. The van der Waals surface area contributed by atoms with E-state index in [1.165, 1.54) is 5.56 Å². The van der Waals surface area contributed by atoms with Gasteiger partial charge in [0.15, 0.2) is 0 Å². The van der Waals surface area contributed by atoms with Crippen molar-refractivity contribution in [3.63, 3.8) is 0 Å². The van der Waals surface area contributed by atoms with E-state index in [-0.39, 0.29) is 12.1 Å². The van der Waals surface area contributed by atoms with E-state index in [9.17, 15) is 4.79 Å². The largest absolute Gasteiger partial charge is 0.493 e. The van der Waals surface area contributed by atoms with Gasteiger partial charge in [0.2, 0.25) is 5.89 Å². The van der Waals surface area contributed by atoms with Crippen molar-refractivity contribution in [1.29, 1.82) is 0 Å². The van der Waals surface area contributed by atoms with Gasteiger partial charge < -0.3 is 18.8 Å². The lowest BCUT2D eigenvalue weighted by molar-refractivity contribution is 0.146. The number of aryl methyl sites for hydroxylation is 1. The Hall–Kier alpha value is -4.06. The van der Waals surface area contributed by atoms with Gasteiger partial charge in [0.05, 0.1) is 12.3 Å². The fourth-order valence-corrected chi connectivity index (χ4v) is 4.84. The molecule has 4 aromatic rings. The summed E-state index contributed by atoms with van der Waals surface area (Å²) in [5, 5.41) is 0. The second kappa shape index (κ2) is 11.3. The smallest absolute Gasteiger partial charge is 0.415 e. The number of hydrogen-bond acceptors (Lipinski definition) is 5. The van der Waals surface area contributed by atoms with Crippen molar-refractivity contribution < 1.29 is 18.7 Å². The molecule has 0 aliphatic carbocycles. The Morgan fingerprint density at radius 1 is 0.973 bits per heavy atom. The molecule has 1 aliphatic rings. The number of likely N-dealkylation sites (tertiary alicyclic amines) is 1. The Morgan fingerprint density at radius 3 is 2.41 bits per heavy atom. The first kappa shape index (κ1) is 24.6. The van der Waals surface area contributed by atoms with Crippen molar-refractivity contribution in [2.45, 2.75) is 39.2 Å². The van der Waals surface area contributed by atoms with Gasteiger partial charge in [-0.05, 0) is 67.6 Å². The topological polar surface area (TPSA) is 64.8 Å². The maximum absolute atomic E-state index is 12.8. The first-order chi connectivity index (χ1) is 18.0. The van der Waals surface area contributed by atoms with Gasteiger partial charge in [-0.2, -0.15) is 0 Å². The number of carbonyl (C=O) groups excluding carboxylic acids is 1. The quantitative estimate of drug-likeness (QED) is 0.271. The van der Waals surface area contributed by atoms with Gasteiger partial charge in [-0.3, -0.25) is 0 Å². The number of amides is 1. The van der Waals surface area contributed by atoms with Crippen LogP contribution in [0.25, 0.3) is 11.5 Å². The molecule has 1 aromatic heterocycles. The van der Waals surface area contributed by atoms with Gasteiger partial charge in [0.1, 0.15) is 17.3 Å². The molecule has 0 radical (unpaired) electrons. The molecule has 1 fully saturated rings. The number of nitrogens with zero attached hydrogens (tertiary/aromatic N) is 2. The second-order valence-corrected chi connectivity index (χ2v) is 9.66. The summed E-state index contributed by atoms with van der Waals surface area (Å²) in [5.41, 5.74) is 3.05. The molecule has 2 atom stereocenters. The van der Waals surface area contributed by atoms with Crippen LogP contribution in [0.4, 0.5) is 4.79 Å². The van der Waals surface area contributed by atoms with Crippen LogP contribution in [0.2, 0.25) is 0 Å². The fourth-order valence-electron chi connectivity index (χ4n) is 4.84. The number of aromatic nitrogens is 1. The zero-order chi connectivity index (χ0) is 25.6. The van der Waals surface area contributed by atoms with Gasteiger partial charge in [-0.1, -0.05) is 55.5 Å². The molecule has 0 bridgehead atoms. The van der Waals surface area contributed by atoms with Gasteiger partial charge >= 0.3 is 6.09 Å². The maximum Gasteiger partial charge on any atom is 0.415 e. The molecule has 6 heteroatoms. The molecule has 5 rings (SSSR count). The Balaban J connectivity index is 1.14. The third-order valence-corrected chi connectivity index (χ3v) is 6.72. The van der Waals surface area contributed by atoms with Gasteiger partial charge in [0.25, 0.3) is 0 Å². The van der Waals surface area contributed by atoms with E-state index in [2.05, 4.69) is 24.0 Å². The zero-order valence-electron chi connectivity index (χ0n) is 21.3. The minimum absolute atomic E-state index is 0.118. The van der Waals surface area contributed by atoms with Crippen molar-refractivity contribution in [3.05, 3.63) is 102 Å². The number of para-hydroxylation sites is 1. The average Bonchev–Trinajstić information content (AvgIpc) is 3.48. The van der Waals surface area contributed by atoms with E-state index >= 15 is 0 Å². The molecular weight excluding hydrogens is 464 g/mol. The van der Waals surface area contributed by atoms with Crippen LogP contribution < -0.4 is 9.47 Å². The van der Waals surface area contributed by atoms with Crippen molar-refractivity contribution in [2.24, 2.45) is 5.92 Å². The molecule has 2 heterocycles. The standard InChI is InChI=1S/C31H32N2O4/c1-22-19-26(33(21-22)31(34)37-28-11-7-4-8-12-28)20-24-13-15-27(16-14-24)35-18-17-29-23(2)36-30(32-29)25-9-5-3-6-10-25/h3-16,22,26H,17-21H2,1-2H3/t22-,26+/m1/s1. The number of ether oxygens (including phenoxy) is 2. The van der Waals surface area contributed by atoms with Gasteiger partial charge in [-0.25, -0.2) is 9.78 Å². The van der Waals surface area contributed by atoms with Crippen LogP contribution in [-0.2, 0) is 12.8 Å². The monoisotopic (exact) mass is 496 g/mol. The molecule has 0 spiro atoms. The van der Waals surface area contributed by atoms with Crippen molar-refractivity contribution in [2.75, 3.05) is 13.2 Å². The predicted octanol–water partition coefficient (Wildman–Crippen LogP) is 6.72. The Bertz CT molecular complexity index is 1300. The summed E-state index contributed by atoms with van der Waals surface area (Å²) in [6.07, 6.45) is 2.14. The number of benzene rings is 3. The highest BCUT2D eigenvalue weighted by Crippen LogP contribution is 2.28. The molecule has 190 valence electrons. The summed E-state index contributed by atoms with van der Waals surface area (Å²) in [5.74, 6) is 3.29. The summed E-state index contributed by atoms with van der Waals surface area (Å²) in [4.78, 5) is 19.3. The Morgan fingerprint density at radius 2 is 1.68 bits per heavy atom. The van der Waals surface area contributed by atoms with Crippen LogP contribution in [0.5, 0.6) is 11.5 Å². The van der Waals surface area contributed by atoms with E-state index in [1.54, 1.807) is 12.1 Å². The normalized spacial score (nSPS) is 17.1. The Labute approximate surface area is 217 Å². The number of hydrogen-bond donors (Lipinski definition) is 0. The highest BCUT2D eigenvalue weighted by molar-refractivity contribution is 5.71. The molecule has 3 aromatic carbocycles. The first-order valence-corrected chi connectivity index (χ1v) is 12.8. The van der Waals surface area contributed by atoms with Crippen molar-refractivity contribution in [1.82, 2.24) is 9.88 Å². The molecule has 1 amide bonds. The molecule has 37 heavy (non-hydrogen) atoms. The second-order valence-electron chi connectivity index (χ2n) is 9.66. The average molecular weight is 497 g/mol. The highest BCUT2D eigenvalue weighted by Gasteiger charge is 2.34. The van der Waals surface area contributed by atoms with E-state index in [1.807, 2.05) is 72.5 Å². The third-order valence-electron chi connectivity index (χ3n) is 6.72. The van der Waals surface area contributed by atoms with E-state index < -0.39 is 0 Å². The molecule has 0 unspecified atom stereocenters. The van der Waals surface area contributed by atoms with Gasteiger partial charge in [0, 0.05) is 24.6 Å². The SMILES string of the molecule is Cc1oc(-c2ccccc2)nc1CCOc1ccc(C[C@@H]2C[C@@H](C)CN2C(=O)Oc2ccccc2)cc1. The molecule has 6 nitrogen and oxygen atoms in total. The summed E-state index contributed by atoms with van der Waals surface area (Å²) in [6.45, 7) is 5.34. The lowest BCUT2D eigenvalue weighted by Gasteiger charge is -2.24. The lowest BCUT2D eigenvalue weighted by atomic mass is 10.0. The summed E-state index contributed by atoms with van der Waals surface area (Å²) in [6, 6.07) is 27.4. The van der Waals surface area contributed by atoms with E-state index in [0.717, 1.165) is 35.6 Å². The van der Waals surface area contributed by atoms with Crippen LogP contribution in [-0.4, -0.2) is 35.2 Å². The minimum Gasteiger partial charge on any atom is -0.493 e. The molecule has 0 N–H and O–H groups in total. The lowest BCUT2D eigenvalue weighted by Crippen LogP contribution is -2.38. The Kier molecular flexibility index (Phi) is 7.54. The number of rotatable bonds is 8. The van der Waals surface area contributed by atoms with E-state index in [4.69, 9.17) is 13.9 Å². The highest BCUT2D eigenvalue weighted by atomic mass is 16.6. The molecule has 1 aliphatic heterocycles. The molecule has 1 saturated heterocycles. The van der Waals surface area contributed by atoms with Crippen LogP contribution in [0.1, 0.15) is 30.4 Å². The first-order valence-electron chi connectivity index (χ1n) is 12.8. The summed E-state index contributed by atoms with van der Waals surface area (Å²) in [7, 11) is 0. The van der Waals surface area contributed by atoms with Crippen molar-refractivity contribution >= 4 is 6.09 Å². The van der Waals surface area contributed by atoms with Crippen LogP contribution in [0, 0.1) is 12.8 Å². The number of carbonyl (C=O) groups is 1. The zero-order valence-corrected chi connectivity index (χ0v) is 21.3. The fraction of sp³-hybridized carbons (Fsp3) is 0.290. The third kappa shape index (κ3) is 6.20. The van der Waals surface area contributed by atoms with E-state index in [0.29, 0.717) is 37.1 Å². The van der Waals surface area contributed by atoms with Crippen molar-refractivity contribution in [3.8, 4) is 23.0 Å². The molecule has 0 saturated carbocycles. The predicted molar refractivity (Wildman–Crippen MR) is 143 cm³/mol. The van der Waals surface area contributed by atoms with Crippen LogP contribution in [0.15, 0.2) is 89.3 Å². The van der Waals surface area contributed by atoms with Gasteiger partial charge in [-0.15, -0.1) is 0 Å². The maximum atomic E-state index is 12.8. The summed E-state index contributed by atoms with van der Waals surface area (Å²) < 4.78 is 17.4. The van der Waals surface area contributed by atoms with Crippen LogP contribution in [0.3, 0.4) is 0 Å². The molecular formula is C31H32N2O4. The van der Waals surface area contributed by atoms with Crippen LogP contribution >= 0.6 is 0 Å².